The van der Waals surface area contributed by atoms with E-state index >= 15 is 0 Å². The topological polar surface area (TPSA) is 24.7 Å². The molecular weight excluding hydrogens is 286 g/mol. The molecule has 0 spiro atoms. The third-order valence-corrected chi connectivity index (χ3v) is 2.91. The molecule has 0 bridgehead atoms. The van der Waals surface area contributed by atoms with E-state index in [4.69, 9.17) is 23.2 Å². The maximum Gasteiger partial charge on any atom is 0.446 e. The van der Waals surface area contributed by atoms with E-state index in [1.54, 1.807) is 0 Å². The van der Waals surface area contributed by atoms with Gasteiger partial charge in [0, 0.05) is 0 Å². The molecule has 0 aromatic heterocycles. The first-order chi connectivity index (χ1) is 6.63. The summed E-state index contributed by atoms with van der Waals surface area (Å²) in [5.74, 6) is 0. The van der Waals surface area contributed by atoms with Crippen LogP contribution in [0.25, 0.3) is 0 Å². The van der Waals surface area contributed by atoms with Crippen LogP contribution in [0.2, 0.25) is 0 Å². The zero-order valence-corrected chi connectivity index (χ0v) is 8.85. The van der Waals surface area contributed by atoms with E-state index in [1.165, 1.54) is 0 Å². The number of nitrogens with zero attached hydrogens (tertiary/aromatic N) is 2. The molecule has 0 aromatic rings. The summed E-state index contributed by atoms with van der Waals surface area (Å²) in [5, 5.41) is 5.74. The fourth-order valence-electron chi connectivity index (χ4n) is 0.734. The molecular formula is C5HCl2F5N2S. The largest absolute Gasteiger partial charge is 0.446 e. The maximum atomic E-state index is 12.2. The second-order valence-corrected chi connectivity index (χ2v) is 4.67. The Kier molecular flexibility index (Phi) is 3.52. The van der Waals surface area contributed by atoms with Crippen LogP contribution in [0.15, 0.2) is 20.8 Å². The molecule has 1 aliphatic rings. The van der Waals surface area contributed by atoms with Crippen molar-refractivity contribution < 1.29 is 22.0 Å². The summed E-state index contributed by atoms with van der Waals surface area (Å²) in [6.07, 6.45) is -3.21. The summed E-state index contributed by atoms with van der Waals surface area (Å²) in [6, 6.07) is 0. The van der Waals surface area contributed by atoms with Gasteiger partial charge < -0.3 is 0 Å². The highest BCUT2D eigenvalue weighted by Crippen LogP contribution is 2.52. The lowest BCUT2D eigenvalue weighted by Gasteiger charge is -2.14. The SMILES string of the molecule is FC(F)C1=C(SC(F)(F)F)C(Cl)(Cl)N=N1. The van der Waals surface area contributed by atoms with Gasteiger partial charge in [-0.3, -0.25) is 0 Å². The van der Waals surface area contributed by atoms with E-state index in [1.807, 2.05) is 0 Å². The van der Waals surface area contributed by atoms with Crippen LogP contribution in [0.5, 0.6) is 0 Å². The highest BCUT2D eigenvalue weighted by Gasteiger charge is 2.46. The molecule has 0 fully saturated rings. The van der Waals surface area contributed by atoms with Crippen LogP contribution in [0.3, 0.4) is 0 Å². The molecule has 0 N–H and O–H groups in total. The predicted molar refractivity (Wildman–Crippen MR) is 46.0 cm³/mol. The number of alkyl halides is 7. The van der Waals surface area contributed by atoms with Gasteiger partial charge in [-0.2, -0.15) is 13.2 Å². The number of rotatable bonds is 2. The zero-order valence-electron chi connectivity index (χ0n) is 6.53. The fourth-order valence-corrected chi connectivity index (χ4v) is 1.86. The third kappa shape index (κ3) is 3.18. The first kappa shape index (κ1) is 13.0. The first-order valence-electron chi connectivity index (χ1n) is 3.23. The van der Waals surface area contributed by atoms with Gasteiger partial charge in [-0.25, -0.2) is 8.78 Å². The van der Waals surface area contributed by atoms with E-state index in [0.29, 0.717) is 0 Å². The molecule has 0 saturated carbocycles. The lowest BCUT2D eigenvalue weighted by atomic mass is 10.4. The van der Waals surface area contributed by atoms with Crippen LogP contribution in [-0.4, -0.2) is 16.4 Å². The molecule has 0 aliphatic carbocycles. The first-order valence-corrected chi connectivity index (χ1v) is 4.80. The van der Waals surface area contributed by atoms with Crippen molar-refractivity contribution in [3.05, 3.63) is 10.6 Å². The molecule has 1 heterocycles. The lowest BCUT2D eigenvalue weighted by Crippen LogP contribution is -2.14. The van der Waals surface area contributed by atoms with E-state index in [0.717, 1.165) is 0 Å². The van der Waals surface area contributed by atoms with Crippen molar-refractivity contribution in [1.29, 1.82) is 0 Å². The molecule has 1 aliphatic heterocycles. The average molecular weight is 287 g/mol. The second kappa shape index (κ2) is 4.06. The zero-order chi connectivity index (χ0) is 11.9. The van der Waals surface area contributed by atoms with Gasteiger partial charge in [0.1, 0.15) is 5.70 Å². The van der Waals surface area contributed by atoms with Crippen LogP contribution >= 0.6 is 35.0 Å². The van der Waals surface area contributed by atoms with Gasteiger partial charge in [0.05, 0.1) is 4.91 Å². The second-order valence-electron chi connectivity index (χ2n) is 2.30. The van der Waals surface area contributed by atoms with Crippen molar-refractivity contribution in [1.82, 2.24) is 0 Å². The summed E-state index contributed by atoms with van der Waals surface area (Å²) in [7, 11) is 0. The number of hydrogen-bond donors (Lipinski definition) is 0. The van der Waals surface area contributed by atoms with Crippen molar-refractivity contribution in [3.8, 4) is 0 Å². The number of azo groups is 1. The van der Waals surface area contributed by atoms with Crippen molar-refractivity contribution in [2.75, 3.05) is 0 Å². The van der Waals surface area contributed by atoms with E-state index < -0.39 is 38.8 Å². The molecule has 0 aromatic carbocycles. The standard InChI is InChI=1S/C5HCl2F5N2S/c6-4(7)2(15-5(10,11)12)1(3(8)9)13-14-4/h3H. The molecule has 0 amide bonds. The Labute approximate surface area is 94.5 Å². The van der Waals surface area contributed by atoms with Gasteiger partial charge in [0.25, 0.3) is 10.9 Å². The van der Waals surface area contributed by atoms with Gasteiger partial charge in [-0.1, -0.05) is 23.2 Å². The molecule has 0 radical (unpaired) electrons. The van der Waals surface area contributed by atoms with Crippen LogP contribution in [0.1, 0.15) is 0 Å². The fraction of sp³-hybridized carbons (Fsp3) is 0.600. The van der Waals surface area contributed by atoms with Gasteiger partial charge in [-0.15, -0.1) is 10.2 Å². The monoisotopic (exact) mass is 286 g/mol. The highest BCUT2D eigenvalue weighted by molar-refractivity contribution is 8.04. The summed E-state index contributed by atoms with van der Waals surface area (Å²) < 4.78 is 57.9. The minimum atomic E-state index is -4.78. The Bertz CT molecular complexity index is 324. The van der Waals surface area contributed by atoms with E-state index in [2.05, 4.69) is 10.2 Å². The Balaban J connectivity index is 3.04. The van der Waals surface area contributed by atoms with Crippen molar-refractivity contribution in [2.45, 2.75) is 16.4 Å². The summed E-state index contributed by atoms with van der Waals surface area (Å²) >= 11 is 9.70. The Morgan fingerprint density at radius 3 is 2.20 bits per heavy atom. The molecule has 1 rings (SSSR count). The molecule has 0 unspecified atom stereocenters. The van der Waals surface area contributed by atoms with Gasteiger partial charge >= 0.3 is 5.51 Å². The summed E-state index contributed by atoms with van der Waals surface area (Å²) in [5.41, 5.74) is -5.93. The van der Waals surface area contributed by atoms with Crippen LogP contribution < -0.4 is 0 Å². The van der Waals surface area contributed by atoms with Crippen LogP contribution in [0, 0.1) is 0 Å². The van der Waals surface area contributed by atoms with E-state index in [9.17, 15) is 22.0 Å². The Morgan fingerprint density at radius 2 is 1.80 bits per heavy atom. The normalized spacial score (nSPS) is 20.5. The third-order valence-electron chi connectivity index (χ3n) is 1.21. The number of hydrogen-bond acceptors (Lipinski definition) is 3. The van der Waals surface area contributed by atoms with E-state index in [-0.39, 0.29) is 0 Å². The minimum absolute atomic E-state index is 0.844. The summed E-state index contributed by atoms with van der Waals surface area (Å²) in [4.78, 5) is -1.01. The Hall–Kier alpha value is -0.0800. The molecule has 0 saturated heterocycles. The predicted octanol–water partition coefficient (Wildman–Crippen LogP) is 4.31. The molecule has 2 nitrogen and oxygen atoms in total. The van der Waals surface area contributed by atoms with Crippen LogP contribution in [-0.2, 0) is 0 Å². The van der Waals surface area contributed by atoms with Gasteiger partial charge in [-0.05, 0) is 11.8 Å². The summed E-state index contributed by atoms with van der Waals surface area (Å²) in [6.45, 7) is 0. The molecule has 0 atom stereocenters. The van der Waals surface area contributed by atoms with Crippen LogP contribution in [0.4, 0.5) is 22.0 Å². The molecule has 10 heteroatoms. The minimum Gasteiger partial charge on any atom is -0.203 e. The van der Waals surface area contributed by atoms with Crippen molar-refractivity contribution in [2.24, 2.45) is 10.2 Å². The number of halogens is 7. The quantitative estimate of drug-likeness (QED) is 0.422. The molecule has 15 heavy (non-hydrogen) atoms. The van der Waals surface area contributed by atoms with Crippen molar-refractivity contribution in [3.63, 3.8) is 0 Å². The number of thioether (sulfide) groups is 1. The smallest absolute Gasteiger partial charge is 0.203 e. The maximum absolute atomic E-state index is 12.2. The highest BCUT2D eigenvalue weighted by atomic mass is 35.5. The molecule has 86 valence electrons. The average Bonchev–Trinajstić information content (AvgIpc) is 2.24. The lowest BCUT2D eigenvalue weighted by molar-refractivity contribution is -0.0323. The van der Waals surface area contributed by atoms with Crippen molar-refractivity contribution >= 4 is 35.0 Å². The van der Waals surface area contributed by atoms with Gasteiger partial charge in [0.2, 0.25) is 0 Å². The number of allylic oxidation sites excluding steroid dienone is 1. The Morgan fingerprint density at radius 1 is 1.27 bits per heavy atom. The van der Waals surface area contributed by atoms with Gasteiger partial charge in [0.15, 0.2) is 0 Å².